The Bertz CT molecular complexity index is 576. The van der Waals surface area contributed by atoms with Crippen LogP contribution in [0.2, 0.25) is 5.02 Å². The van der Waals surface area contributed by atoms with Crippen LogP contribution in [0.4, 0.5) is 0 Å². The molecule has 140 valence electrons. The molecular formula is C17H23BrClNO5. The number of rotatable bonds is 4. The van der Waals surface area contributed by atoms with Crippen molar-refractivity contribution in [1.29, 1.82) is 0 Å². The minimum Gasteiger partial charge on any atom is -0.490 e. The zero-order valence-corrected chi connectivity index (χ0v) is 16.6. The topological polar surface area (TPSA) is 87.1 Å². The number of carboxylic acids is 2. The molecule has 1 saturated heterocycles. The number of aryl methyl sites for hydroxylation is 1. The van der Waals surface area contributed by atoms with Gasteiger partial charge in [0, 0.05) is 13.1 Å². The molecule has 1 atom stereocenters. The molecule has 1 unspecified atom stereocenters. The number of piperidine rings is 1. The van der Waals surface area contributed by atoms with Gasteiger partial charge >= 0.3 is 11.9 Å². The highest BCUT2D eigenvalue weighted by molar-refractivity contribution is 9.10. The van der Waals surface area contributed by atoms with Crippen LogP contribution in [0.15, 0.2) is 16.6 Å². The predicted octanol–water partition coefficient (Wildman–Crippen LogP) is 3.68. The Balaban J connectivity index is 0.000000450. The van der Waals surface area contributed by atoms with Gasteiger partial charge in [0.1, 0.15) is 6.61 Å². The smallest absolute Gasteiger partial charge is 0.414 e. The van der Waals surface area contributed by atoms with E-state index in [1.165, 1.54) is 25.9 Å². The van der Waals surface area contributed by atoms with E-state index >= 15 is 0 Å². The summed E-state index contributed by atoms with van der Waals surface area (Å²) in [7, 11) is 0. The third-order valence-electron chi connectivity index (χ3n) is 3.72. The Hall–Kier alpha value is -1.31. The van der Waals surface area contributed by atoms with Gasteiger partial charge in [-0.1, -0.05) is 18.5 Å². The number of hydrogen-bond donors (Lipinski definition) is 2. The maximum Gasteiger partial charge on any atom is 0.414 e. The van der Waals surface area contributed by atoms with Crippen LogP contribution in [0.25, 0.3) is 0 Å². The molecule has 0 aliphatic carbocycles. The highest BCUT2D eigenvalue weighted by Crippen LogP contribution is 2.34. The first-order valence-corrected chi connectivity index (χ1v) is 9.14. The summed E-state index contributed by atoms with van der Waals surface area (Å²) >= 11 is 9.72. The van der Waals surface area contributed by atoms with E-state index in [-0.39, 0.29) is 0 Å². The zero-order valence-electron chi connectivity index (χ0n) is 14.3. The molecular weight excluding hydrogens is 414 g/mol. The lowest BCUT2D eigenvalue weighted by Gasteiger charge is -2.30. The van der Waals surface area contributed by atoms with E-state index in [2.05, 4.69) is 27.8 Å². The summed E-state index contributed by atoms with van der Waals surface area (Å²) in [5.41, 5.74) is 1.13. The largest absolute Gasteiger partial charge is 0.490 e. The third kappa shape index (κ3) is 8.07. The van der Waals surface area contributed by atoms with Crippen molar-refractivity contribution in [2.45, 2.75) is 26.7 Å². The van der Waals surface area contributed by atoms with Crippen molar-refractivity contribution in [1.82, 2.24) is 4.90 Å². The van der Waals surface area contributed by atoms with E-state index in [0.29, 0.717) is 11.6 Å². The average Bonchev–Trinajstić information content (AvgIpc) is 2.50. The molecule has 2 N–H and O–H groups in total. The van der Waals surface area contributed by atoms with Gasteiger partial charge in [-0.25, -0.2) is 9.59 Å². The molecule has 0 amide bonds. The molecule has 0 radical (unpaired) electrons. The number of likely N-dealkylation sites (tertiary alicyclic amines) is 1. The van der Waals surface area contributed by atoms with Crippen molar-refractivity contribution < 1.29 is 24.5 Å². The molecule has 1 aromatic rings. The monoisotopic (exact) mass is 435 g/mol. The molecule has 0 aromatic heterocycles. The third-order valence-corrected chi connectivity index (χ3v) is 4.59. The Kier molecular flexibility index (Phi) is 9.24. The average molecular weight is 437 g/mol. The summed E-state index contributed by atoms with van der Waals surface area (Å²) in [6, 6.07) is 3.97. The predicted molar refractivity (Wildman–Crippen MR) is 99.5 cm³/mol. The van der Waals surface area contributed by atoms with E-state index in [9.17, 15) is 0 Å². The van der Waals surface area contributed by atoms with Gasteiger partial charge in [0.25, 0.3) is 0 Å². The van der Waals surface area contributed by atoms with Crippen LogP contribution in [0.1, 0.15) is 25.3 Å². The Morgan fingerprint density at radius 3 is 2.52 bits per heavy atom. The highest BCUT2D eigenvalue weighted by Gasteiger charge is 2.16. The van der Waals surface area contributed by atoms with Gasteiger partial charge in [-0.05, 0) is 65.9 Å². The number of benzene rings is 1. The molecule has 1 aliphatic rings. The first-order valence-electron chi connectivity index (χ1n) is 7.97. The fraction of sp³-hybridized carbons (Fsp3) is 0.529. The van der Waals surface area contributed by atoms with E-state index in [4.69, 9.17) is 36.1 Å². The highest BCUT2D eigenvalue weighted by atomic mass is 79.9. The van der Waals surface area contributed by atoms with Gasteiger partial charge < -0.3 is 14.9 Å². The molecule has 1 fully saturated rings. The first-order chi connectivity index (χ1) is 11.7. The molecule has 1 heterocycles. The molecule has 0 saturated carbocycles. The summed E-state index contributed by atoms with van der Waals surface area (Å²) in [5, 5.41) is 15.5. The standard InChI is InChI=1S/C15H21BrClNO.C2H2O4/c1-11-4-3-5-18(10-11)6-7-19-15-13(16)8-12(2)9-14(15)17;3-1(4)2(5)6/h8-9,11H,3-7,10H2,1-2H3;(H,3,4)(H,5,6). The zero-order chi connectivity index (χ0) is 19.0. The normalized spacial score (nSPS) is 17.4. The molecule has 25 heavy (non-hydrogen) atoms. The number of aliphatic carboxylic acids is 2. The van der Waals surface area contributed by atoms with Crippen LogP contribution < -0.4 is 4.74 Å². The second-order valence-electron chi connectivity index (χ2n) is 6.06. The Morgan fingerprint density at radius 2 is 2.00 bits per heavy atom. The minimum absolute atomic E-state index is 0.680. The van der Waals surface area contributed by atoms with Crippen LogP contribution in [0.3, 0.4) is 0 Å². The molecule has 8 heteroatoms. The second-order valence-corrected chi connectivity index (χ2v) is 7.33. The van der Waals surface area contributed by atoms with Gasteiger partial charge in [-0.15, -0.1) is 0 Å². The number of carbonyl (C=O) groups is 2. The molecule has 6 nitrogen and oxygen atoms in total. The van der Waals surface area contributed by atoms with Crippen molar-refractivity contribution >= 4 is 39.5 Å². The maximum absolute atomic E-state index is 9.10. The number of nitrogens with zero attached hydrogens (tertiary/aromatic N) is 1. The van der Waals surface area contributed by atoms with E-state index in [1.807, 2.05) is 19.1 Å². The number of hydrogen-bond acceptors (Lipinski definition) is 4. The summed E-state index contributed by atoms with van der Waals surface area (Å²) in [5.74, 6) is -2.08. The molecule has 2 rings (SSSR count). The van der Waals surface area contributed by atoms with Crippen LogP contribution in [0, 0.1) is 12.8 Å². The van der Waals surface area contributed by atoms with Crippen LogP contribution in [0.5, 0.6) is 5.75 Å². The maximum atomic E-state index is 9.10. The lowest BCUT2D eigenvalue weighted by Crippen LogP contribution is -2.37. The SMILES string of the molecule is Cc1cc(Cl)c(OCCN2CCCC(C)C2)c(Br)c1.O=C(O)C(=O)O. The van der Waals surface area contributed by atoms with E-state index < -0.39 is 11.9 Å². The van der Waals surface area contributed by atoms with Gasteiger partial charge in [0.2, 0.25) is 0 Å². The quantitative estimate of drug-likeness (QED) is 0.700. The summed E-state index contributed by atoms with van der Waals surface area (Å²) < 4.78 is 6.77. The van der Waals surface area contributed by atoms with Crippen molar-refractivity contribution in [3.63, 3.8) is 0 Å². The summed E-state index contributed by atoms with van der Waals surface area (Å²) in [6.45, 7) is 8.38. The van der Waals surface area contributed by atoms with Crippen LogP contribution in [-0.4, -0.2) is 53.3 Å². The molecule has 0 spiro atoms. The number of carboxylic acid groups (broad SMARTS) is 2. The minimum atomic E-state index is -1.82. The molecule has 1 aromatic carbocycles. The summed E-state index contributed by atoms with van der Waals surface area (Å²) in [6.07, 6.45) is 2.66. The van der Waals surface area contributed by atoms with Crippen LogP contribution >= 0.6 is 27.5 Å². The van der Waals surface area contributed by atoms with E-state index in [1.54, 1.807) is 0 Å². The van der Waals surface area contributed by atoms with E-state index in [0.717, 1.165) is 28.2 Å². The van der Waals surface area contributed by atoms with Crippen molar-refractivity contribution in [2.24, 2.45) is 5.92 Å². The summed E-state index contributed by atoms with van der Waals surface area (Å²) in [4.78, 5) is 20.7. The van der Waals surface area contributed by atoms with Crippen molar-refractivity contribution in [2.75, 3.05) is 26.2 Å². The number of halogens is 2. The van der Waals surface area contributed by atoms with Gasteiger partial charge in [0.15, 0.2) is 5.75 Å². The van der Waals surface area contributed by atoms with Crippen molar-refractivity contribution in [3.8, 4) is 5.75 Å². The Morgan fingerprint density at radius 1 is 1.36 bits per heavy atom. The van der Waals surface area contributed by atoms with Gasteiger partial charge in [-0.3, -0.25) is 4.90 Å². The number of ether oxygens (including phenoxy) is 1. The first kappa shape index (κ1) is 21.7. The molecule has 1 aliphatic heterocycles. The fourth-order valence-electron chi connectivity index (χ4n) is 2.59. The lowest BCUT2D eigenvalue weighted by molar-refractivity contribution is -0.159. The fourth-order valence-corrected chi connectivity index (χ4v) is 3.72. The van der Waals surface area contributed by atoms with Gasteiger partial charge in [0.05, 0.1) is 9.50 Å². The second kappa shape index (κ2) is 10.6. The van der Waals surface area contributed by atoms with Gasteiger partial charge in [-0.2, -0.15) is 0 Å². The Labute approximate surface area is 160 Å². The lowest BCUT2D eigenvalue weighted by atomic mass is 10.0. The van der Waals surface area contributed by atoms with Crippen LogP contribution in [-0.2, 0) is 9.59 Å². The van der Waals surface area contributed by atoms with Crippen molar-refractivity contribution in [3.05, 3.63) is 27.2 Å². The molecule has 0 bridgehead atoms.